The quantitative estimate of drug-likeness (QED) is 0.718. The van der Waals surface area contributed by atoms with E-state index in [1.165, 1.54) is 0 Å². The van der Waals surface area contributed by atoms with Gasteiger partial charge in [-0.3, -0.25) is 14.6 Å². The number of carbonyl (C=O) groups is 2. The van der Waals surface area contributed by atoms with Crippen LogP contribution in [0.2, 0.25) is 0 Å². The van der Waals surface area contributed by atoms with E-state index >= 15 is 0 Å². The fraction of sp³-hybridized carbons (Fsp3) is 0.261. The first-order valence-corrected chi connectivity index (χ1v) is 10.0. The molecule has 1 atom stereocenters. The van der Waals surface area contributed by atoms with E-state index in [1.807, 2.05) is 35.2 Å². The smallest absolute Gasteiger partial charge is 0.259 e. The van der Waals surface area contributed by atoms with E-state index < -0.39 is 0 Å². The second-order valence-electron chi connectivity index (χ2n) is 7.29. The number of nitrogens with zero attached hydrogens (tertiary/aromatic N) is 4. The summed E-state index contributed by atoms with van der Waals surface area (Å²) in [7, 11) is 0. The van der Waals surface area contributed by atoms with Gasteiger partial charge in [-0.05, 0) is 50.5 Å². The first-order valence-electron chi connectivity index (χ1n) is 10.0. The molecule has 1 aliphatic rings. The summed E-state index contributed by atoms with van der Waals surface area (Å²) in [6, 6.07) is 12.5. The van der Waals surface area contributed by atoms with Gasteiger partial charge in [-0.1, -0.05) is 18.2 Å². The molecule has 2 amide bonds. The highest BCUT2D eigenvalue weighted by atomic mass is 16.2. The van der Waals surface area contributed by atoms with E-state index in [0.29, 0.717) is 34.9 Å². The van der Waals surface area contributed by atoms with Crippen LogP contribution < -0.4 is 5.32 Å². The lowest BCUT2D eigenvalue weighted by Gasteiger charge is -2.35. The molecule has 1 fully saturated rings. The molecule has 2 aromatic heterocycles. The van der Waals surface area contributed by atoms with E-state index in [9.17, 15) is 9.59 Å². The third-order valence-corrected chi connectivity index (χ3v) is 5.26. The van der Waals surface area contributed by atoms with Gasteiger partial charge in [-0.2, -0.15) is 0 Å². The molecule has 3 aromatic rings. The number of amides is 2. The van der Waals surface area contributed by atoms with Crippen LogP contribution in [0, 0.1) is 6.92 Å². The monoisotopic (exact) mass is 401 g/mol. The van der Waals surface area contributed by atoms with Crippen molar-refractivity contribution in [3.63, 3.8) is 0 Å². The van der Waals surface area contributed by atoms with Crippen molar-refractivity contribution in [2.24, 2.45) is 0 Å². The van der Waals surface area contributed by atoms with Crippen LogP contribution in [0.5, 0.6) is 0 Å². The van der Waals surface area contributed by atoms with E-state index in [-0.39, 0.29) is 17.9 Å². The van der Waals surface area contributed by atoms with Gasteiger partial charge < -0.3 is 10.2 Å². The molecular weight excluding hydrogens is 378 g/mol. The van der Waals surface area contributed by atoms with Crippen molar-refractivity contribution in [3.8, 4) is 0 Å². The Bertz CT molecular complexity index is 1040. The molecule has 7 heteroatoms. The number of piperidine rings is 1. The highest BCUT2D eigenvalue weighted by Gasteiger charge is 2.31. The molecule has 7 nitrogen and oxygen atoms in total. The third kappa shape index (κ3) is 4.20. The summed E-state index contributed by atoms with van der Waals surface area (Å²) >= 11 is 0. The van der Waals surface area contributed by atoms with E-state index in [2.05, 4.69) is 20.3 Å². The number of pyridine rings is 1. The number of nitrogens with one attached hydrogen (secondary N) is 1. The molecule has 0 saturated carbocycles. The van der Waals surface area contributed by atoms with Crippen LogP contribution in [0.25, 0.3) is 0 Å². The van der Waals surface area contributed by atoms with Gasteiger partial charge in [0.2, 0.25) is 0 Å². The van der Waals surface area contributed by atoms with Crippen molar-refractivity contribution < 1.29 is 9.59 Å². The van der Waals surface area contributed by atoms with Crippen LogP contribution in [-0.4, -0.2) is 38.2 Å². The SMILES string of the molecule is Cc1nc([C@H]2CCCCN2C(=O)c2ccncc2)ncc1C(=O)Nc1ccccc1. The van der Waals surface area contributed by atoms with Crippen LogP contribution >= 0.6 is 0 Å². The molecule has 0 radical (unpaired) electrons. The number of benzene rings is 1. The number of aryl methyl sites for hydroxylation is 1. The van der Waals surface area contributed by atoms with Crippen molar-refractivity contribution in [2.45, 2.75) is 32.2 Å². The summed E-state index contributed by atoms with van der Waals surface area (Å²) < 4.78 is 0. The molecule has 152 valence electrons. The first kappa shape index (κ1) is 19.7. The normalized spacial score (nSPS) is 16.2. The van der Waals surface area contributed by atoms with Crippen molar-refractivity contribution >= 4 is 17.5 Å². The van der Waals surface area contributed by atoms with Crippen LogP contribution in [0.3, 0.4) is 0 Å². The molecular formula is C23H23N5O2. The second-order valence-corrected chi connectivity index (χ2v) is 7.29. The Hall–Kier alpha value is -3.61. The minimum Gasteiger partial charge on any atom is -0.328 e. The first-order chi connectivity index (χ1) is 14.6. The van der Waals surface area contributed by atoms with E-state index in [1.54, 1.807) is 37.6 Å². The van der Waals surface area contributed by atoms with Crippen molar-refractivity contribution in [1.82, 2.24) is 19.9 Å². The fourth-order valence-corrected chi connectivity index (χ4v) is 3.69. The molecule has 1 aliphatic heterocycles. The van der Waals surface area contributed by atoms with Gasteiger partial charge in [-0.25, -0.2) is 9.97 Å². The van der Waals surface area contributed by atoms with Crippen LogP contribution in [0.4, 0.5) is 5.69 Å². The average molecular weight is 401 g/mol. The van der Waals surface area contributed by atoms with E-state index in [0.717, 1.165) is 19.3 Å². The largest absolute Gasteiger partial charge is 0.328 e. The standard InChI is InChI=1S/C23H23N5O2/c1-16-19(22(29)27-18-7-3-2-4-8-18)15-25-21(26-16)20-9-5-6-14-28(20)23(30)17-10-12-24-13-11-17/h2-4,7-8,10-13,15,20H,5-6,9,14H2,1H3,(H,27,29)/t20-/m1/s1. The minimum atomic E-state index is -0.251. The maximum Gasteiger partial charge on any atom is 0.259 e. The van der Waals surface area contributed by atoms with Gasteiger partial charge in [0, 0.05) is 36.4 Å². The lowest BCUT2D eigenvalue weighted by molar-refractivity contribution is 0.0599. The topological polar surface area (TPSA) is 88.1 Å². The summed E-state index contributed by atoms with van der Waals surface area (Å²) in [5.41, 5.74) is 2.33. The lowest BCUT2D eigenvalue weighted by atomic mass is 10.00. The molecule has 0 bridgehead atoms. The summed E-state index contributed by atoms with van der Waals surface area (Å²) in [4.78, 5) is 40.5. The van der Waals surface area contributed by atoms with Crippen LogP contribution in [0.1, 0.15) is 57.5 Å². The van der Waals surface area contributed by atoms with Gasteiger partial charge in [0.15, 0.2) is 5.82 Å². The number of aromatic nitrogens is 3. The minimum absolute atomic E-state index is 0.0470. The van der Waals surface area contributed by atoms with Crippen molar-refractivity contribution in [1.29, 1.82) is 0 Å². The van der Waals surface area contributed by atoms with Gasteiger partial charge in [0.1, 0.15) is 0 Å². The highest BCUT2D eigenvalue weighted by molar-refractivity contribution is 6.04. The summed E-state index contributed by atoms with van der Waals surface area (Å²) in [6.07, 6.45) is 7.54. The van der Waals surface area contributed by atoms with Crippen LogP contribution in [0.15, 0.2) is 61.1 Å². The summed E-state index contributed by atoms with van der Waals surface area (Å²) in [6.45, 7) is 2.45. The van der Waals surface area contributed by atoms with Crippen LogP contribution in [-0.2, 0) is 0 Å². The summed E-state index contributed by atoms with van der Waals surface area (Å²) in [5.74, 6) is 0.277. The maximum atomic E-state index is 13.0. The zero-order valence-corrected chi connectivity index (χ0v) is 16.8. The number of hydrogen-bond donors (Lipinski definition) is 1. The molecule has 0 unspecified atom stereocenters. The Balaban J connectivity index is 1.56. The Morgan fingerprint density at radius 1 is 1.07 bits per heavy atom. The zero-order chi connectivity index (χ0) is 20.9. The van der Waals surface area contributed by atoms with Crippen molar-refractivity contribution in [2.75, 3.05) is 11.9 Å². The number of anilines is 1. The number of likely N-dealkylation sites (tertiary alicyclic amines) is 1. The Morgan fingerprint density at radius 3 is 2.57 bits per heavy atom. The number of carbonyl (C=O) groups excluding carboxylic acids is 2. The molecule has 0 aliphatic carbocycles. The fourth-order valence-electron chi connectivity index (χ4n) is 3.69. The van der Waals surface area contributed by atoms with E-state index in [4.69, 9.17) is 0 Å². The van der Waals surface area contributed by atoms with Gasteiger partial charge in [0.25, 0.3) is 11.8 Å². The predicted octanol–water partition coefficient (Wildman–Crippen LogP) is 3.80. The summed E-state index contributed by atoms with van der Waals surface area (Å²) in [5, 5.41) is 2.86. The molecule has 30 heavy (non-hydrogen) atoms. The number of rotatable bonds is 4. The maximum absolute atomic E-state index is 13.0. The Morgan fingerprint density at radius 2 is 1.83 bits per heavy atom. The highest BCUT2D eigenvalue weighted by Crippen LogP contribution is 2.30. The van der Waals surface area contributed by atoms with Gasteiger partial charge >= 0.3 is 0 Å². The predicted molar refractivity (Wildman–Crippen MR) is 113 cm³/mol. The lowest BCUT2D eigenvalue weighted by Crippen LogP contribution is -2.39. The molecule has 3 heterocycles. The molecule has 1 aromatic carbocycles. The Kier molecular flexibility index (Phi) is 5.79. The molecule has 4 rings (SSSR count). The van der Waals surface area contributed by atoms with Crippen molar-refractivity contribution in [3.05, 3.63) is 83.7 Å². The Labute approximate surface area is 175 Å². The molecule has 1 N–H and O–H groups in total. The second kappa shape index (κ2) is 8.82. The zero-order valence-electron chi connectivity index (χ0n) is 16.8. The number of hydrogen-bond acceptors (Lipinski definition) is 5. The number of para-hydroxylation sites is 1. The molecule has 1 saturated heterocycles. The third-order valence-electron chi connectivity index (χ3n) is 5.26. The van der Waals surface area contributed by atoms with Gasteiger partial charge in [0.05, 0.1) is 17.3 Å². The average Bonchev–Trinajstić information content (AvgIpc) is 2.79. The van der Waals surface area contributed by atoms with Gasteiger partial charge in [-0.15, -0.1) is 0 Å². The molecule has 0 spiro atoms.